The van der Waals surface area contributed by atoms with Crippen LogP contribution in [0.4, 0.5) is 5.69 Å². The molecule has 22 heavy (non-hydrogen) atoms. The lowest BCUT2D eigenvalue weighted by atomic mass is 9.89. The lowest BCUT2D eigenvalue weighted by Gasteiger charge is -2.29. The molecule has 1 unspecified atom stereocenters. The molecular formula is C14H19ClNO5P. The maximum absolute atomic E-state index is 12.4. The minimum atomic E-state index is -3.25. The number of hydrogen-bond donors (Lipinski definition) is 0. The zero-order chi connectivity index (χ0) is 16.2. The van der Waals surface area contributed by atoms with Crippen LogP contribution in [0, 0.1) is 16.0 Å². The molecule has 1 aromatic rings. The van der Waals surface area contributed by atoms with E-state index in [4.69, 9.17) is 20.6 Å². The third-order valence-electron chi connectivity index (χ3n) is 3.67. The third kappa shape index (κ3) is 4.97. The number of alkyl halides is 1. The highest BCUT2D eigenvalue weighted by atomic mass is 35.5. The van der Waals surface area contributed by atoms with Crippen LogP contribution in [0.1, 0.15) is 25.7 Å². The molecule has 1 atom stereocenters. The summed E-state index contributed by atoms with van der Waals surface area (Å²) >= 11 is 5.84. The molecule has 0 aromatic heterocycles. The topological polar surface area (TPSA) is 78.7 Å². The fourth-order valence-corrected chi connectivity index (χ4v) is 4.11. The van der Waals surface area contributed by atoms with Crippen molar-refractivity contribution < 1.29 is 18.5 Å². The second kappa shape index (κ2) is 7.44. The molecule has 0 N–H and O–H groups in total. The number of nitro groups is 1. The fourth-order valence-electron chi connectivity index (χ4n) is 2.50. The summed E-state index contributed by atoms with van der Waals surface area (Å²) in [6.45, 7) is 1.42. The summed E-state index contributed by atoms with van der Waals surface area (Å²) in [5, 5.41) is 10.6. The summed E-state index contributed by atoms with van der Waals surface area (Å²) in [5.41, 5.74) is -0.0430. The molecule has 2 rings (SSSR count). The molecular weight excluding hydrogens is 329 g/mol. The van der Waals surface area contributed by atoms with Crippen LogP contribution in [0.5, 0.6) is 5.75 Å². The Bertz CT molecular complexity index is 557. The van der Waals surface area contributed by atoms with Crippen LogP contribution in [-0.2, 0) is 9.09 Å². The van der Waals surface area contributed by atoms with Crippen LogP contribution < -0.4 is 4.52 Å². The van der Waals surface area contributed by atoms with Crippen molar-refractivity contribution in [2.75, 3.05) is 12.5 Å². The van der Waals surface area contributed by atoms with Crippen molar-refractivity contribution in [3.8, 4) is 5.75 Å². The first kappa shape index (κ1) is 17.3. The number of non-ortho nitro benzene ring substituents is 1. The van der Waals surface area contributed by atoms with E-state index in [0.29, 0.717) is 17.5 Å². The molecule has 0 saturated heterocycles. The average Bonchev–Trinajstić information content (AvgIpc) is 2.47. The van der Waals surface area contributed by atoms with Gasteiger partial charge in [0.25, 0.3) is 5.69 Å². The molecule has 0 heterocycles. The fraction of sp³-hybridized carbons (Fsp3) is 0.571. The van der Waals surface area contributed by atoms with Crippen molar-refractivity contribution in [3.63, 3.8) is 0 Å². The third-order valence-corrected chi connectivity index (χ3v) is 5.33. The second-order valence-corrected chi connectivity index (χ2v) is 7.76. The first-order chi connectivity index (χ1) is 10.4. The molecule has 1 aliphatic carbocycles. The van der Waals surface area contributed by atoms with Crippen molar-refractivity contribution in [3.05, 3.63) is 34.4 Å². The SMILES string of the molecule is CP(=O)(Oc1ccc([N+](=O)[O-])cc1)OC1CCC(CCl)CC1. The van der Waals surface area contributed by atoms with Crippen molar-refractivity contribution >= 4 is 24.9 Å². The monoisotopic (exact) mass is 347 g/mol. The predicted octanol–water partition coefficient (Wildman–Crippen LogP) is 4.61. The van der Waals surface area contributed by atoms with E-state index in [2.05, 4.69) is 0 Å². The van der Waals surface area contributed by atoms with Crippen LogP contribution in [-0.4, -0.2) is 23.6 Å². The van der Waals surface area contributed by atoms with Gasteiger partial charge in [-0.1, -0.05) is 0 Å². The van der Waals surface area contributed by atoms with Gasteiger partial charge < -0.3 is 4.52 Å². The summed E-state index contributed by atoms with van der Waals surface area (Å²) in [6.07, 6.45) is 3.48. The molecule has 1 aliphatic rings. The van der Waals surface area contributed by atoms with E-state index in [0.717, 1.165) is 25.7 Å². The van der Waals surface area contributed by atoms with Crippen LogP contribution in [0.2, 0.25) is 0 Å². The van der Waals surface area contributed by atoms with Gasteiger partial charge in [-0.25, -0.2) is 4.57 Å². The van der Waals surface area contributed by atoms with Gasteiger partial charge in [0.1, 0.15) is 5.75 Å². The van der Waals surface area contributed by atoms with Crippen LogP contribution in [0.3, 0.4) is 0 Å². The maximum Gasteiger partial charge on any atom is 0.376 e. The van der Waals surface area contributed by atoms with Crippen LogP contribution in [0.15, 0.2) is 24.3 Å². The van der Waals surface area contributed by atoms with E-state index in [9.17, 15) is 14.7 Å². The first-order valence-electron chi connectivity index (χ1n) is 7.15. The Kier molecular flexibility index (Phi) is 5.84. The standard InChI is InChI=1S/C14H19ClNO5P/c1-22(19,20-13-6-2-11(10-15)3-7-13)21-14-8-4-12(5-9-14)16(17)18/h4-5,8-9,11,13H,2-3,6-7,10H2,1H3. The number of nitrogens with zero attached hydrogens (tertiary/aromatic N) is 1. The van der Waals surface area contributed by atoms with E-state index in [1.165, 1.54) is 30.9 Å². The zero-order valence-electron chi connectivity index (χ0n) is 12.3. The molecule has 6 nitrogen and oxygen atoms in total. The molecule has 122 valence electrons. The molecule has 8 heteroatoms. The summed E-state index contributed by atoms with van der Waals surface area (Å²) < 4.78 is 23.4. The molecule has 1 saturated carbocycles. The first-order valence-corrected chi connectivity index (χ1v) is 9.68. The normalized spacial score (nSPS) is 24.5. The number of hydrogen-bond acceptors (Lipinski definition) is 5. The second-order valence-electron chi connectivity index (χ2n) is 5.52. The number of halogens is 1. The van der Waals surface area contributed by atoms with Gasteiger partial charge in [0, 0.05) is 24.7 Å². The summed E-state index contributed by atoms with van der Waals surface area (Å²) in [5.74, 6) is 1.45. The quantitative estimate of drug-likeness (QED) is 0.325. The number of nitro benzene ring substituents is 1. The van der Waals surface area contributed by atoms with Crippen LogP contribution in [0.25, 0.3) is 0 Å². The smallest absolute Gasteiger partial charge is 0.376 e. The average molecular weight is 348 g/mol. The van der Waals surface area contributed by atoms with Gasteiger partial charge in [-0.2, -0.15) is 0 Å². The highest BCUT2D eigenvalue weighted by Gasteiger charge is 2.28. The van der Waals surface area contributed by atoms with Crippen LogP contribution >= 0.6 is 19.2 Å². The zero-order valence-corrected chi connectivity index (χ0v) is 14.0. The highest BCUT2D eigenvalue weighted by molar-refractivity contribution is 7.53. The molecule has 0 amide bonds. The van der Waals surface area contributed by atoms with Gasteiger partial charge in [-0.3, -0.25) is 14.6 Å². The van der Waals surface area contributed by atoms with Gasteiger partial charge in [0.15, 0.2) is 0 Å². The van der Waals surface area contributed by atoms with Crippen molar-refractivity contribution in [2.45, 2.75) is 31.8 Å². The number of rotatable bonds is 6. The Labute approximate surface area is 134 Å². The van der Waals surface area contributed by atoms with E-state index >= 15 is 0 Å². The van der Waals surface area contributed by atoms with Gasteiger partial charge in [-0.15, -0.1) is 11.6 Å². The largest absolute Gasteiger partial charge is 0.425 e. The minimum Gasteiger partial charge on any atom is -0.425 e. The predicted molar refractivity (Wildman–Crippen MR) is 84.8 cm³/mol. The molecule has 0 bridgehead atoms. The highest BCUT2D eigenvalue weighted by Crippen LogP contribution is 2.48. The van der Waals surface area contributed by atoms with E-state index in [-0.39, 0.29) is 11.8 Å². The lowest BCUT2D eigenvalue weighted by Crippen LogP contribution is -2.22. The minimum absolute atomic E-state index is 0.0430. The Balaban J connectivity index is 1.90. The van der Waals surface area contributed by atoms with Crippen molar-refractivity contribution in [1.29, 1.82) is 0 Å². The van der Waals surface area contributed by atoms with E-state index in [1.54, 1.807) is 0 Å². The van der Waals surface area contributed by atoms with Gasteiger partial charge >= 0.3 is 7.60 Å². The molecule has 0 spiro atoms. The van der Waals surface area contributed by atoms with Crippen molar-refractivity contribution in [1.82, 2.24) is 0 Å². The van der Waals surface area contributed by atoms with E-state index in [1.807, 2.05) is 0 Å². The van der Waals surface area contributed by atoms with Gasteiger partial charge in [0.05, 0.1) is 11.0 Å². The summed E-state index contributed by atoms with van der Waals surface area (Å²) in [6, 6.07) is 5.45. The number of benzene rings is 1. The lowest BCUT2D eigenvalue weighted by molar-refractivity contribution is -0.384. The maximum atomic E-state index is 12.4. The Morgan fingerprint density at radius 2 is 1.86 bits per heavy atom. The van der Waals surface area contributed by atoms with Gasteiger partial charge in [0.2, 0.25) is 0 Å². The molecule has 1 aromatic carbocycles. The molecule has 0 aliphatic heterocycles. The van der Waals surface area contributed by atoms with Crippen molar-refractivity contribution in [2.24, 2.45) is 5.92 Å². The molecule has 0 radical (unpaired) electrons. The van der Waals surface area contributed by atoms with Gasteiger partial charge in [-0.05, 0) is 43.7 Å². The Hall–Kier alpha value is -1.10. The Morgan fingerprint density at radius 1 is 1.27 bits per heavy atom. The summed E-state index contributed by atoms with van der Waals surface area (Å²) in [4.78, 5) is 10.1. The summed E-state index contributed by atoms with van der Waals surface area (Å²) in [7, 11) is -3.25. The Morgan fingerprint density at radius 3 is 2.36 bits per heavy atom. The van der Waals surface area contributed by atoms with E-state index < -0.39 is 12.5 Å². The molecule has 1 fully saturated rings.